The lowest BCUT2D eigenvalue weighted by molar-refractivity contribution is -0.139. The standard InChI is InChI=1S/C19H24N4O3/c1-15-12-16(21-14-20-15)5-6-17-13-23(10-11-26-17)19(25)7-9-22-8-3-2-4-18(22)24/h2-4,8,12,14,17H,5-7,9-11,13H2,1H3/t17-/m1/s1. The van der Waals surface area contributed by atoms with Gasteiger partial charge in [0.2, 0.25) is 5.91 Å². The first-order chi connectivity index (χ1) is 12.6. The summed E-state index contributed by atoms with van der Waals surface area (Å²) in [6.45, 7) is 4.09. The fourth-order valence-corrected chi connectivity index (χ4v) is 3.10. The summed E-state index contributed by atoms with van der Waals surface area (Å²) in [5, 5.41) is 0. The molecule has 1 aliphatic heterocycles. The van der Waals surface area contributed by atoms with Gasteiger partial charge in [0.15, 0.2) is 0 Å². The van der Waals surface area contributed by atoms with Crippen LogP contribution in [0.15, 0.2) is 41.6 Å². The van der Waals surface area contributed by atoms with Crippen LogP contribution in [0.2, 0.25) is 0 Å². The SMILES string of the molecule is Cc1cc(CC[C@@H]2CN(C(=O)CCn3ccccc3=O)CCO2)ncn1. The Kier molecular flexibility index (Phi) is 6.12. The van der Waals surface area contributed by atoms with Crippen LogP contribution >= 0.6 is 0 Å². The fourth-order valence-electron chi connectivity index (χ4n) is 3.10. The number of hydrogen-bond donors (Lipinski definition) is 0. The molecule has 1 amide bonds. The zero-order valence-electron chi connectivity index (χ0n) is 15.0. The number of morpholine rings is 1. The van der Waals surface area contributed by atoms with Gasteiger partial charge in [-0.15, -0.1) is 0 Å². The predicted molar refractivity (Wildman–Crippen MR) is 96.7 cm³/mol. The first-order valence-electron chi connectivity index (χ1n) is 8.94. The van der Waals surface area contributed by atoms with E-state index >= 15 is 0 Å². The summed E-state index contributed by atoms with van der Waals surface area (Å²) in [4.78, 5) is 34.4. The van der Waals surface area contributed by atoms with E-state index in [1.165, 1.54) is 6.07 Å². The molecule has 0 saturated carbocycles. The van der Waals surface area contributed by atoms with Gasteiger partial charge in [0, 0.05) is 49.7 Å². The van der Waals surface area contributed by atoms with Crippen LogP contribution in [0.3, 0.4) is 0 Å². The predicted octanol–water partition coefficient (Wildman–Crippen LogP) is 1.20. The number of rotatable bonds is 6. The minimum absolute atomic E-state index is 0.0161. The molecule has 7 heteroatoms. The molecule has 3 rings (SSSR count). The highest BCUT2D eigenvalue weighted by molar-refractivity contribution is 5.76. The molecule has 0 bridgehead atoms. The van der Waals surface area contributed by atoms with Crippen molar-refractivity contribution < 1.29 is 9.53 Å². The van der Waals surface area contributed by atoms with Crippen molar-refractivity contribution in [3.05, 3.63) is 58.5 Å². The third-order valence-electron chi connectivity index (χ3n) is 4.54. The highest BCUT2D eigenvalue weighted by atomic mass is 16.5. The molecular weight excluding hydrogens is 332 g/mol. The van der Waals surface area contributed by atoms with Crippen molar-refractivity contribution in [2.45, 2.75) is 38.8 Å². The van der Waals surface area contributed by atoms with E-state index < -0.39 is 0 Å². The van der Waals surface area contributed by atoms with Crippen LogP contribution in [-0.4, -0.2) is 51.1 Å². The Labute approximate surface area is 152 Å². The maximum atomic E-state index is 12.5. The van der Waals surface area contributed by atoms with Gasteiger partial charge >= 0.3 is 0 Å². The number of carbonyl (C=O) groups excluding carboxylic acids is 1. The van der Waals surface area contributed by atoms with Crippen LogP contribution in [0.5, 0.6) is 0 Å². The van der Waals surface area contributed by atoms with E-state index in [9.17, 15) is 9.59 Å². The molecule has 26 heavy (non-hydrogen) atoms. The molecule has 2 aromatic heterocycles. The number of amides is 1. The first-order valence-corrected chi connectivity index (χ1v) is 8.94. The average Bonchev–Trinajstić information content (AvgIpc) is 2.66. The fraction of sp³-hybridized carbons (Fsp3) is 0.474. The second-order valence-corrected chi connectivity index (χ2v) is 6.50. The molecule has 0 aliphatic carbocycles. The molecule has 0 N–H and O–H groups in total. The van der Waals surface area contributed by atoms with E-state index in [1.54, 1.807) is 29.2 Å². The van der Waals surface area contributed by atoms with Gasteiger partial charge in [-0.25, -0.2) is 9.97 Å². The zero-order valence-corrected chi connectivity index (χ0v) is 15.0. The van der Waals surface area contributed by atoms with Crippen LogP contribution in [0.4, 0.5) is 0 Å². The molecule has 2 aromatic rings. The van der Waals surface area contributed by atoms with Crippen LogP contribution in [-0.2, 0) is 22.5 Å². The van der Waals surface area contributed by atoms with E-state index in [-0.39, 0.29) is 17.6 Å². The number of nitrogens with zero attached hydrogens (tertiary/aromatic N) is 4. The lowest BCUT2D eigenvalue weighted by Crippen LogP contribution is -2.46. The highest BCUT2D eigenvalue weighted by Crippen LogP contribution is 2.13. The van der Waals surface area contributed by atoms with Crippen LogP contribution in [0.1, 0.15) is 24.2 Å². The van der Waals surface area contributed by atoms with E-state index in [0.717, 1.165) is 24.2 Å². The van der Waals surface area contributed by atoms with Gasteiger partial charge < -0.3 is 14.2 Å². The van der Waals surface area contributed by atoms with Crippen molar-refractivity contribution in [3.8, 4) is 0 Å². The molecule has 0 radical (unpaired) electrons. The van der Waals surface area contributed by atoms with Crippen LogP contribution in [0.25, 0.3) is 0 Å². The normalized spacial score (nSPS) is 17.3. The maximum Gasteiger partial charge on any atom is 0.250 e. The Morgan fingerprint density at radius 3 is 3.04 bits per heavy atom. The summed E-state index contributed by atoms with van der Waals surface area (Å²) in [5.41, 5.74) is 1.86. The average molecular weight is 356 g/mol. The smallest absolute Gasteiger partial charge is 0.250 e. The molecule has 0 spiro atoms. The summed E-state index contributed by atoms with van der Waals surface area (Å²) in [6, 6.07) is 6.98. The van der Waals surface area contributed by atoms with E-state index in [0.29, 0.717) is 32.7 Å². The number of aryl methyl sites for hydroxylation is 3. The Balaban J connectivity index is 1.48. The van der Waals surface area contributed by atoms with Crippen LogP contribution in [0, 0.1) is 6.92 Å². The highest BCUT2D eigenvalue weighted by Gasteiger charge is 2.24. The number of aromatic nitrogens is 3. The van der Waals surface area contributed by atoms with Crippen molar-refractivity contribution in [3.63, 3.8) is 0 Å². The monoisotopic (exact) mass is 356 g/mol. The van der Waals surface area contributed by atoms with Crippen molar-refractivity contribution >= 4 is 5.91 Å². The van der Waals surface area contributed by atoms with Crippen molar-refractivity contribution in [1.29, 1.82) is 0 Å². The van der Waals surface area contributed by atoms with Crippen LogP contribution < -0.4 is 5.56 Å². The molecule has 0 aromatic carbocycles. The van der Waals surface area contributed by atoms with Gasteiger partial charge in [-0.05, 0) is 31.9 Å². The number of ether oxygens (including phenoxy) is 1. The minimum atomic E-state index is -0.0831. The molecule has 138 valence electrons. The summed E-state index contributed by atoms with van der Waals surface area (Å²) < 4.78 is 7.36. The lowest BCUT2D eigenvalue weighted by atomic mass is 10.1. The molecule has 1 atom stereocenters. The molecule has 1 fully saturated rings. The van der Waals surface area contributed by atoms with Gasteiger partial charge in [0.1, 0.15) is 6.33 Å². The molecule has 1 aliphatic rings. The second kappa shape index (κ2) is 8.71. The lowest BCUT2D eigenvalue weighted by Gasteiger charge is -2.33. The van der Waals surface area contributed by atoms with Crippen molar-refractivity contribution in [2.24, 2.45) is 0 Å². The molecule has 1 saturated heterocycles. The molecule has 3 heterocycles. The Morgan fingerprint density at radius 1 is 1.35 bits per heavy atom. The van der Waals surface area contributed by atoms with Gasteiger partial charge in [0.05, 0.1) is 12.7 Å². The summed E-state index contributed by atoms with van der Waals surface area (Å²) in [5.74, 6) is 0.0620. The van der Waals surface area contributed by atoms with Gasteiger partial charge in [-0.2, -0.15) is 0 Å². The minimum Gasteiger partial charge on any atom is -0.375 e. The zero-order chi connectivity index (χ0) is 18.4. The number of hydrogen-bond acceptors (Lipinski definition) is 5. The second-order valence-electron chi connectivity index (χ2n) is 6.50. The third-order valence-corrected chi connectivity index (χ3v) is 4.54. The third kappa shape index (κ3) is 4.98. The van der Waals surface area contributed by atoms with Gasteiger partial charge in [-0.1, -0.05) is 6.07 Å². The number of carbonyl (C=O) groups is 1. The van der Waals surface area contributed by atoms with Crippen molar-refractivity contribution in [2.75, 3.05) is 19.7 Å². The molecule has 7 nitrogen and oxygen atoms in total. The Bertz CT molecular complexity index is 805. The van der Waals surface area contributed by atoms with E-state index in [4.69, 9.17) is 4.74 Å². The van der Waals surface area contributed by atoms with Crippen molar-refractivity contribution in [1.82, 2.24) is 19.4 Å². The molecule has 0 unspecified atom stereocenters. The molecular formula is C19H24N4O3. The Morgan fingerprint density at radius 2 is 2.23 bits per heavy atom. The summed E-state index contributed by atoms with van der Waals surface area (Å²) >= 11 is 0. The maximum absolute atomic E-state index is 12.5. The summed E-state index contributed by atoms with van der Waals surface area (Å²) in [7, 11) is 0. The largest absolute Gasteiger partial charge is 0.375 e. The van der Waals surface area contributed by atoms with E-state index in [1.807, 2.05) is 17.9 Å². The van der Waals surface area contributed by atoms with E-state index in [2.05, 4.69) is 9.97 Å². The Hall–Kier alpha value is -2.54. The summed E-state index contributed by atoms with van der Waals surface area (Å²) in [6.07, 6.45) is 5.24. The van der Waals surface area contributed by atoms with Gasteiger partial charge in [-0.3, -0.25) is 9.59 Å². The van der Waals surface area contributed by atoms with Gasteiger partial charge in [0.25, 0.3) is 5.56 Å². The topological polar surface area (TPSA) is 77.3 Å². The number of pyridine rings is 1. The first kappa shape index (κ1) is 18.3. The quantitative estimate of drug-likeness (QED) is 0.777.